The number of nitrogen functional groups attached to an aromatic ring is 1. The van der Waals surface area contributed by atoms with Crippen LogP contribution in [0.15, 0.2) is 6.07 Å². The van der Waals surface area contributed by atoms with Crippen molar-refractivity contribution in [2.45, 2.75) is 26.2 Å². The number of esters is 1. The molecule has 1 aliphatic heterocycles. The lowest BCUT2D eigenvalue weighted by molar-refractivity contribution is 0.0526. The highest BCUT2D eigenvalue weighted by Gasteiger charge is 2.24. The molecule has 0 spiro atoms. The largest absolute Gasteiger partial charge is 0.478 e. The predicted molar refractivity (Wildman–Crippen MR) is 77.6 cm³/mol. The molecule has 21 heavy (non-hydrogen) atoms. The molecule has 0 bridgehead atoms. The second kappa shape index (κ2) is 6.43. The van der Waals surface area contributed by atoms with Crippen molar-refractivity contribution in [1.29, 1.82) is 0 Å². The van der Waals surface area contributed by atoms with E-state index in [-0.39, 0.29) is 23.6 Å². The number of rotatable bonds is 4. The van der Waals surface area contributed by atoms with Gasteiger partial charge in [-0.15, -0.1) is 0 Å². The molecule has 1 fully saturated rings. The summed E-state index contributed by atoms with van der Waals surface area (Å²) in [4.78, 5) is 29.3. The molecule has 0 radical (unpaired) electrons. The number of nitrogens with zero attached hydrogens (tertiary/aromatic N) is 2. The molecule has 0 amide bonds. The molecule has 1 aliphatic rings. The SMILES string of the molecule is CCOC(=O)c1cc(C(=O)O)c(N)nc1N1CCCCC1. The summed E-state index contributed by atoms with van der Waals surface area (Å²) in [6.07, 6.45) is 3.14. The molecule has 7 nitrogen and oxygen atoms in total. The summed E-state index contributed by atoms with van der Waals surface area (Å²) in [7, 11) is 0. The normalized spacial score (nSPS) is 14.8. The molecule has 0 saturated carbocycles. The van der Waals surface area contributed by atoms with Crippen LogP contribution in [0.4, 0.5) is 11.6 Å². The van der Waals surface area contributed by atoms with Crippen molar-refractivity contribution in [3.05, 3.63) is 17.2 Å². The number of carbonyl (C=O) groups excluding carboxylic acids is 1. The summed E-state index contributed by atoms with van der Waals surface area (Å²) < 4.78 is 4.99. The molecular weight excluding hydrogens is 274 g/mol. The summed E-state index contributed by atoms with van der Waals surface area (Å²) in [5.41, 5.74) is 5.68. The maximum Gasteiger partial charge on any atom is 0.341 e. The van der Waals surface area contributed by atoms with E-state index in [2.05, 4.69) is 4.98 Å². The van der Waals surface area contributed by atoms with E-state index in [0.29, 0.717) is 5.82 Å². The second-order valence-corrected chi connectivity index (χ2v) is 4.87. The molecule has 2 heterocycles. The van der Waals surface area contributed by atoms with Gasteiger partial charge in [0.2, 0.25) is 0 Å². The highest BCUT2D eigenvalue weighted by atomic mass is 16.5. The maximum absolute atomic E-state index is 12.1. The van der Waals surface area contributed by atoms with Gasteiger partial charge in [0.25, 0.3) is 0 Å². The summed E-state index contributed by atoms with van der Waals surface area (Å²) >= 11 is 0. The molecule has 7 heteroatoms. The first-order chi connectivity index (χ1) is 10.0. The average molecular weight is 293 g/mol. The molecular formula is C14H19N3O4. The topological polar surface area (TPSA) is 106 Å². The van der Waals surface area contributed by atoms with Crippen LogP contribution in [0.3, 0.4) is 0 Å². The highest BCUT2D eigenvalue weighted by molar-refractivity contribution is 6.00. The average Bonchev–Trinajstić information content (AvgIpc) is 2.47. The van der Waals surface area contributed by atoms with Crippen molar-refractivity contribution in [3.8, 4) is 0 Å². The Morgan fingerprint density at radius 1 is 1.33 bits per heavy atom. The Labute approximate surface area is 122 Å². The Kier molecular flexibility index (Phi) is 4.62. The van der Waals surface area contributed by atoms with Gasteiger partial charge in [0.05, 0.1) is 6.61 Å². The molecule has 0 aliphatic carbocycles. The first kappa shape index (κ1) is 15.1. The number of ether oxygens (including phenoxy) is 1. The van der Waals surface area contributed by atoms with Gasteiger partial charge in [0.15, 0.2) is 0 Å². The Bertz CT molecular complexity index is 553. The molecule has 1 saturated heterocycles. The number of carboxylic acids is 1. The molecule has 3 N–H and O–H groups in total. The number of hydrogen-bond acceptors (Lipinski definition) is 6. The minimum absolute atomic E-state index is 0.0869. The van der Waals surface area contributed by atoms with Crippen LogP contribution in [0.2, 0.25) is 0 Å². The highest BCUT2D eigenvalue weighted by Crippen LogP contribution is 2.26. The van der Waals surface area contributed by atoms with E-state index < -0.39 is 11.9 Å². The van der Waals surface area contributed by atoms with Gasteiger partial charge < -0.3 is 20.5 Å². The zero-order chi connectivity index (χ0) is 15.4. The van der Waals surface area contributed by atoms with E-state index in [1.165, 1.54) is 6.07 Å². The fourth-order valence-corrected chi connectivity index (χ4v) is 2.39. The predicted octanol–water partition coefficient (Wildman–Crippen LogP) is 1.53. The molecule has 1 aromatic heterocycles. The number of hydrogen-bond donors (Lipinski definition) is 2. The van der Waals surface area contributed by atoms with E-state index in [0.717, 1.165) is 32.4 Å². The third kappa shape index (κ3) is 3.24. The molecule has 0 atom stereocenters. The van der Waals surface area contributed by atoms with Crippen molar-refractivity contribution in [2.75, 3.05) is 30.3 Å². The van der Waals surface area contributed by atoms with Crippen molar-refractivity contribution < 1.29 is 19.4 Å². The lowest BCUT2D eigenvalue weighted by Gasteiger charge is -2.29. The van der Waals surface area contributed by atoms with Crippen LogP contribution >= 0.6 is 0 Å². The van der Waals surface area contributed by atoms with Gasteiger partial charge in [-0.1, -0.05) is 0 Å². The van der Waals surface area contributed by atoms with Gasteiger partial charge in [0, 0.05) is 13.1 Å². The van der Waals surface area contributed by atoms with Crippen molar-refractivity contribution in [1.82, 2.24) is 4.98 Å². The van der Waals surface area contributed by atoms with Crippen molar-refractivity contribution >= 4 is 23.6 Å². The minimum atomic E-state index is -1.21. The van der Waals surface area contributed by atoms with Crippen molar-refractivity contribution in [2.24, 2.45) is 0 Å². The lowest BCUT2D eigenvalue weighted by atomic mass is 10.1. The second-order valence-electron chi connectivity index (χ2n) is 4.87. The Morgan fingerprint density at radius 2 is 2.00 bits per heavy atom. The zero-order valence-corrected chi connectivity index (χ0v) is 12.0. The number of anilines is 2. The summed E-state index contributed by atoms with van der Waals surface area (Å²) in [5.74, 6) is -1.46. The third-order valence-electron chi connectivity index (χ3n) is 3.41. The summed E-state index contributed by atoms with van der Waals surface area (Å²) in [6, 6.07) is 1.26. The summed E-state index contributed by atoms with van der Waals surface area (Å²) in [5, 5.41) is 9.12. The number of piperidine rings is 1. The van der Waals surface area contributed by atoms with E-state index in [9.17, 15) is 9.59 Å². The zero-order valence-electron chi connectivity index (χ0n) is 12.0. The fraction of sp³-hybridized carbons (Fsp3) is 0.500. The van der Waals surface area contributed by atoms with Gasteiger partial charge in [-0.05, 0) is 32.3 Å². The first-order valence-corrected chi connectivity index (χ1v) is 7.00. The van der Waals surface area contributed by atoms with Crippen LogP contribution in [-0.2, 0) is 4.74 Å². The molecule has 0 unspecified atom stereocenters. The van der Waals surface area contributed by atoms with Gasteiger partial charge in [-0.2, -0.15) is 0 Å². The van der Waals surface area contributed by atoms with Gasteiger partial charge in [-0.25, -0.2) is 14.6 Å². The monoisotopic (exact) mass is 293 g/mol. The standard InChI is InChI=1S/C14H19N3O4/c1-2-21-14(20)10-8-9(13(18)19)11(15)16-12(10)17-6-4-3-5-7-17/h8H,2-7H2,1H3,(H2,15,16)(H,18,19). The Balaban J connectivity index is 2.47. The van der Waals surface area contributed by atoms with Gasteiger partial charge >= 0.3 is 11.9 Å². The number of aromatic nitrogens is 1. The van der Waals surface area contributed by atoms with E-state index >= 15 is 0 Å². The third-order valence-corrected chi connectivity index (χ3v) is 3.41. The number of pyridine rings is 1. The Hall–Kier alpha value is -2.31. The van der Waals surface area contributed by atoms with Crippen LogP contribution in [0.25, 0.3) is 0 Å². The van der Waals surface area contributed by atoms with Crippen LogP contribution in [0, 0.1) is 0 Å². The molecule has 0 aromatic carbocycles. The van der Waals surface area contributed by atoms with E-state index in [1.54, 1.807) is 6.92 Å². The quantitative estimate of drug-likeness (QED) is 0.811. The van der Waals surface area contributed by atoms with Crippen LogP contribution in [-0.4, -0.2) is 41.7 Å². The number of carboxylic acid groups (broad SMARTS) is 1. The Morgan fingerprint density at radius 3 is 2.57 bits per heavy atom. The van der Waals surface area contributed by atoms with E-state index in [1.807, 2.05) is 4.90 Å². The molecule has 1 aromatic rings. The maximum atomic E-state index is 12.1. The first-order valence-electron chi connectivity index (χ1n) is 7.00. The van der Waals surface area contributed by atoms with E-state index in [4.69, 9.17) is 15.6 Å². The van der Waals surface area contributed by atoms with Gasteiger partial charge in [0.1, 0.15) is 22.8 Å². The van der Waals surface area contributed by atoms with Crippen LogP contribution in [0.5, 0.6) is 0 Å². The molecule has 114 valence electrons. The fourth-order valence-electron chi connectivity index (χ4n) is 2.39. The summed E-state index contributed by atoms with van der Waals surface area (Å²) in [6.45, 7) is 3.45. The van der Waals surface area contributed by atoms with Crippen molar-refractivity contribution in [3.63, 3.8) is 0 Å². The van der Waals surface area contributed by atoms with Crippen LogP contribution in [0.1, 0.15) is 46.9 Å². The van der Waals surface area contributed by atoms with Crippen LogP contribution < -0.4 is 10.6 Å². The van der Waals surface area contributed by atoms with Gasteiger partial charge in [-0.3, -0.25) is 0 Å². The minimum Gasteiger partial charge on any atom is -0.478 e. The number of aromatic carboxylic acids is 1. The molecule has 2 rings (SSSR count). The number of nitrogens with two attached hydrogens (primary N) is 1. The number of carbonyl (C=O) groups is 2. The smallest absolute Gasteiger partial charge is 0.341 e. The lowest BCUT2D eigenvalue weighted by Crippen LogP contribution is -2.32.